The average molecular weight is 383 g/mol. The van der Waals surface area contributed by atoms with Crippen LogP contribution in [0.5, 0.6) is 0 Å². The molecule has 0 radical (unpaired) electrons. The SMILES string of the molecule is CC1CCN(C(=O)c2cc(-c3cccn3C)nn2-c2ccc(Cl)cc2)CC1. The van der Waals surface area contributed by atoms with Crippen molar-refractivity contribution >= 4 is 17.5 Å². The van der Waals surface area contributed by atoms with Gasteiger partial charge in [0, 0.05) is 31.4 Å². The number of aromatic nitrogens is 3. The van der Waals surface area contributed by atoms with Crippen LogP contribution in [0.15, 0.2) is 48.7 Å². The summed E-state index contributed by atoms with van der Waals surface area (Å²) in [5.41, 5.74) is 3.17. The Labute approximate surface area is 164 Å². The summed E-state index contributed by atoms with van der Waals surface area (Å²) in [6.45, 7) is 3.84. The molecule has 0 unspecified atom stereocenters. The van der Waals surface area contributed by atoms with Gasteiger partial charge in [0.1, 0.15) is 11.4 Å². The van der Waals surface area contributed by atoms with E-state index in [0.717, 1.165) is 43.0 Å². The Bertz CT molecular complexity index is 949. The molecular formula is C21H23ClN4O. The Kier molecular flexibility index (Phi) is 4.79. The molecule has 0 aliphatic carbocycles. The van der Waals surface area contributed by atoms with Gasteiger partial charge >= 0.3 is 0 Å². The lowest BCUT2D eigenvalue weighted by Gasteiger charge is -2.30. The molecular weight excluding hydrogens is 360 g/mol. The van der Waals surface area contributed by atoms with Gasteiger partial charge in [-0.25, -0.2) is 4.68 Å². The number of amides is 1. The Morgan fingerprint density at radius 1 is 1.15 bits per heavy atom. The van der Waals surface area contributed by atoms with Crippen LogP contribution in [0.1, 0.15) is 30.3 Å². The van der Waals surface area contributed by atoms with Gasteiger partial charge < -0.3 is 9.47 Å². The van der Waals surface area contributed by atoms with Gasteiger partial charge in [0.05, 0.1) is 11.4 Å². The van der Waals surface area contributed by atoms with Crippen LogP contribution in [0.2, 0.25) is 5.02 Å². The van der Waals surface area contributed by atoms with Crippen molar-refractivity contribution in [1.29, 1.82) is 0 Å². The molecule has 0 atom stereocenters. The molecule has 0 bridgehead atoms. The third-order valence-electron chi connectivity index (χ3n) is 5.28. The number of benzene rings is 1. The molecule has 3 heterocycles. The van der Waals surface area contributed by atoms with Crippen LogP contribution in [0.3, 0.4) is 0 Å². The fourth-order valence-electron chi connectivity index (χ4n) is 3.54. The number of hydrogen-bond donors (Lipinski definition) is 0. The van der Waals surface area contributed by atoms with Crippen molar-refractivity contribution in [2.45, 2.75) is 19.8 Å². The van der Waals surface area contributed by atoms with E-state index in [1.54, 1.807) is 4.68 Å². The van der Waals surface area contributed by atoms with E-state index in [4.69, 9.17) is 16.7 Å². The number of hydrogen-bond acceptors (Lipinski definition) is 2. The maximum absolute atomic E-state index is 13.3. The van der Waals surface area contributed by atoms with Crippen molar-refractivity contribution in [2.75, 3.05) is 13.1 Å². The number of aryl methyl sites for hydroxylation is 1. The van der Waals surface area contributed by atoms with Crippen LogP contribution < -0.4 is 0 Å². The maximum atomic E-state index is 13.3. The van der Waals surface area contributed by atoms with Gasteiger partial charge in [-0.2, -0.15) is 5.10 Å². The lowest BCUT2D eigenvalue weighted by molar-refractivity contribution is 0.0688. The minimum Gasteiger partial charge on any atom is -0.349 e. The number of nitrogens with zero attached hydrogens (tertiary/aromatic N) is 4. The smallest absolute Gasteiger partial charge is 0.272 e. The number of likely N-dealkylation sites (tertiary alicyclic amines) is 1. The summed E-state index contributed by atoms with van der Waals surface area (Å²) in [6, 6.07) is 13.3. The second-order valence-corrected chi connectivity index (χ2v) is 7.72. The second-order valence-electron chi connectivity index (χ2n) is 7.28. The zero-order valence-corrected chi connectivity index (χ0v) is 16.4. The molecule has 5 nitrogen and oxygen atoms in total. The van der Waals surface area contributed by atoms with Gasteiger partial charge in [-0.1, -0.05) is 18.5 Å². The van der Waals surface area contributed by atoms with Crippen LogP contribution in [0.4, 0.5) is 0 Å². The molecule has 1 aromatic carbocycles. The molecule has 4 rings (SSSR count). The third kappa shape index (κ3) is 3.52. The molecule has 1 aliphatic heterocycles. The van der Waals surface area contributed by atoms with Gasteiger partial charge in [-0.15, -0.1) is 0 Å². The molecule has 0 N–H and O–H groups in total. The van der Waals surface area contributed by atoms with Crippen LogP contribution in [0, 0.1) is 5.92 Å². The first-order valence-electron chi connectivity index (χ1n) is 9.30. The lowest BCUT2D eigenvalue weighted by Crippen LogP contribution is -2.38. The normalized spacial score (nSPS) is 15.3. The topological polar surface area (TPSA) is 43.1 Å². The molecule has 140 valence electrons. The summed E-state index contributed by atoms with van der Waals surface area (Å²) in [5.74, 6) is 0.707. The number of carbonyl (C=O) groups is 1. The molecule has 1 fully saturated rings. The summed E-state index contributed by atoms with van der Waals surface area (Å²) in [6.07, 6.45) is 4.07. The first-order chi connectivity index (χ1) is 13.0. The maximum Gasteiger partial charge on any atom is 0.272 e. The Morgan fingerprint density at radius 2 is 1.85 bits per heavy atom. The van der Waals surface area contributed by atoms with Gasteiger partial charge in [-0.05, 0) is 61.2 Å². The summed E-state index contributed by atoms with van der Waals surface area (Å²) in [5, 5.41) is 5.41. The standard InChI is InChI=1S/C21H23ClN4O/c1-15-9-12-25(13-10-15)21(27)20-14-18(19-4-3-11-24(19)2)23-26(20)17-7-5-16(22)6-8-17/h3-8,11,14-15H,9-10,12-13H2,1-2H3. The number of piperidine rings is 1. The fourth-order valence-corrected chi connectivity index (χ4v) is 3.66. The Morgan fingerprint density at radius 3 is 2.48 bits per heavy atom. The van der Waals surface area contributed by atoms with Crippen LogP contribution in [-0.2, 0) is 7.05 Å². The van der Waals surface area contributed by atoms with E-state index in [-0.39, 0.29) is 5.91 Å². The molecule has 1 saturated heterocycles. The van der Waals surface area contributed by atoms with Crippen molar-refractivity contribution in [3.8, 4) is 17.1 Å². The van der Waals surface area contributed by atoms with Crippen molar-refractivity contribution in [2.24, 2.45) is 13.0 Å². The van der Waals surface area contributed by atoms with E-state index in [9.17, 15) is 4.79 Å². The molecule has 1 aliphatic rings. The van der Waals surface area contributed by atoms with E-state index in [1.165, 1.54) is 0 Å². The highest BCUT2D eigenvalue weighted by Gasteiger charge is 2.26. The lowest BCUT2D eigenvalue weighted by atomic mass is 9.99. The van der Waals surface area contributed by atoms with Gasteiger partial charge in [0.2, 0.25) is 0 Å². The van der Waals surface area contributed by atoms with Crippen molar-refractivity contribution < 1.29 is 4.79 Å². The summed E-state index contributed by atoms with van der Waals surface area (Å²) < 4.78 is 3.74. The zero-order chi connectivity index (χ0) is 19.0. The summed E-state index contributed by atoms with van der Waals surface area (Å²) in [4.78, 5) is 15.2. The monoisotopic (exact) mass is 382 g/mol. The van der Waals surface area contributed by atoms with Gasteiger partial charge in [0.25, 0.3) is 5.91 Å². The van der Waals surface area contributed by atoms with E-state index >= 15 is 0 Å². The van der Waals surface area contributed by atoms with Crippen molar-refractivity contribution in [1.82, 2.24) is 19.2 Å². The molecule has 2 aromatic heterocycles. The Balaban J connectivity index is 1.76. The highest BCUT2D eigenvalue weighted by molar-refractivity contribution is 6.30. The Hall–Kier alpha value is -2.53. The molecule has 0 saturated carbocycles. The quantitative estimate of drug-likeness (QED) is 0.673. The highest BCUT2D eigenvalue weighted by atomic mass is 35.5. The van der Waals surface area contributed by atoms with E-state index in [2.05, 4.69) is 6.92 Å². The second kappa shape index (κ2) is 7.24. The highest BCUT2D eigenvalue weighted by Crippen LogP contribution is 2.25. The third-order valence-corrected chi connectivity index (χ3v) is 5.53. The minimum atomic E-state index is 0.0322. The molecule has 0 spiro atoms. The van der Waals surface area contributed by atoms with Gasteiger partial charge in [0.15, 0.2) is 0 Å². The van der Waals surface area contributed by atoms with Gasteiger partial charge in [-0.3, -0.25) is 4.79 Å². The average Bonchev–Trinajstić information content (AvgIpc) is 3.28. The molecule has 27 heavy (non-hydrogen) atoms. The first-order valence-corrected chi connectivity index (χ1v) is 9.67. The molecule has 6 heteroatoms. The van der Waals surface area contributed by atoms with E-state index in [1.807, 2.05) is 65.2 Å². The predicted molar refractivity (Wildman–Crippen MR) is 107 cm³/mol. The predicted octanol–water partition coefficient (Wildman–Crippen LogP) is 4.40. The number of rotatable bonds is 3. The van der Waals surface area contributed by atoms with E-state index < -0.39 is 0 Å². The van der Waals surface area contributed by atoms with Crippen molar-refractivity contribution in [3.63, 3.8) is 0 Å². The first kappa shape index (κ1) is 17.9. The van der Waals surface area contributed by atoms with Crippen LogP contribution >= 0.6 is 11.6 Å². The zero-order valence-electron chi connectivity index (χ0n) is 15.6. The summed E-state index contributed by atoms with van der Waals surface area (Å²) >= 11 is 6.04. The number of halogens is 1. The van der Waals surface area contributed by atoms with Crippen LogP contribution in [-0.4, -0.2) is 38.2 Å². The van der Waals surface area contributed by atoms with Crippen molar-refractivity contribution in [3.05, 3.63) is 59.4 Å². The largest absolute Gasteiger partial charge is 0.349 e. The summed E-state index contributed by atoms with van der Waals surface area (Å²) in [7, 11) is 1.98. The molecule has 1 amide bonds. The number of carbonyl (C=O) groups excluding carboxylic acids is 1. The van der Waals surface area contributed by atoms with E-state index in [0.29, 0.717) is 16.6 Å². The minimum absolute atomic E-state index is 0.0322. The fraction of sp³-hybridized carbons (Fsp3) is 0.333. The van der Waals surface area contributed by atoms with Crippen LogP contribution in [0.25, 0.3) is 17.1 Å². The molecule has 3 aromatic rings.